The molecule has 2 saturated heterocycles. The van der Waals surface area contributed by atoms with Crippen molar-refractivity contribution in [3.8, 4) is 5.75 Å². The fourth-order valence-electron chi connectivity index (χ4n) is 5.61. The highest BCUT2D eigenvalue weighted by Gasteiger charge is 2.41. The zero-order chi connectivity index (χ0) is 23.2. The fourth-order valence-corrected chi connectivity index (χ4v) is 5.61. The Kier molecular flexibility index (Phi) is 5.84. The lowest BCUT2D eigenvalue weighted by atomic mass is 9.89. The van der Waals surface area contributed by atoms with Crippen LogP contribution in [0.1, 0.15) is 67.3 Å². The molecule has 1 aromatic carbocycles. The topological polar surface area (TPSA) is 79.0 Å². The maximum atomic E-state index is 13.6. The lowest BCUT2D eigenvalue weighted by Gasteiger charge is -2.43. The van der Waals surface area contributed by atoms with Crippen molar-refractivity contribution in [2.75, 3.05) is 13.1 Å². The monoisotopic (exact) mass is 461 g/mol. The first-order valence-electron chi connectivity index (χ1n) is 11.9. The highest BCUT2D eigenvalue weighted by Crippen LogP contribution is 2.35. The Hall–Kier alpha value is -2.55. The number of ether oxygens (including phenoxy) is 1. The molecule has 9 heteroatoms. The number of halogens is 2. The number of carbonyl (C=O) groups is 3. The number of hydrogen-bond donors (Lipinski definition) is 1. The summed E-state index contributed by atoms with van der Waals surface area (Å²) in [5.41, 5.74) is 1.35. The molecular formula is C24H29F2N3O4. The molecule has 3 fully saturated rings. The number of benzene rings is 1. The van der Waals surface area contributed by atoms with E-state index in [2.05, 4.69) is 10.2 Å². The lowest BCUT2D eigenvalue weighted by Crippen LogP contribution is -2.52. The second-order valence-corrected chi connectivity index (χ2v) is 9.62. The molecule has 7 nitrogen and oxygen atoms in total. The number of carbonyl (C=O) groups excluding carboxylic acids is 3. The number of rotatable bonds is 4. The second kappa shape index (κ2) is 8.66. The molecule has 5 rings (SSSR count). The van der Waals surface area contributed by atoms with Crippen molar-refractivity contribution in [3.05, 3.63) is 29.3 Å². The predicted molar refractivity (Wildman–Crippen MR) is 115 cm³/mol. The summed E-state index contributed by atoms with van der Waals surface area (Å²) in [5.74, 6) is -2.86. The number of imide groups is 1. The summed E-state index contributed by atoms with van der Waals surface area (Å²) in [7, 11) is 0. The quantitative estimate of drug-likeness (QED) is 0.698. The van der Waals surface area contributed by atoms with E-state index in [-0.39, 0.29) is 43.2 Å². The molecule has 3 aliphatic heterocycles. The van der Waals surface area contributed by atoms with Gasteiger partial charge in [-0.2, -0.15) is 0 Å². The van der Waals surface area contributed by atoms with Gasteiger partial charge in [0, 0.05) is 50.5 Å². The van der Waals surface area contributed by atoms with Gasteiger partial charge in [0.15, 0.2) is 0 Å². The Labute approximate surface area is 191 Å². The van der Waals surface area contributed by atoms with Crippen molar-refractivity contribution >= 4 is 17.7 Å². The molecule has 1 saturated carbocycles. The Morgan fingerprint density at radius 3 is 2.55 bits per heavy atom. The number of amides is 3. The number of piperidine rings is 2. The largest absolute Gasteiger partial charge is 0.489 e. The van der Waals surface area contributed by atoms with Gasteiger partial charge in [-0.25, -0.2) is 8.78 Å². The van der Waals surface area contributed by atoms with Crippen LogP contribution in [0.4, 0.5) is 8.78 Å². The number of likely N-dealkylation sites (tertiary alicyclic amines) is 1. The normalized spacial score (nSPS) is 30.2. The highest BCUT2D eigenvalue weighted by atomic mass is 19.3. The van der Waals surface area contributed by atoms with Gasteiger partial charge < -0.3 is 9.64 Å². The molecule has 178 valence electrons. The Balaban J connectivity index is 1.28. The average Bonchev–Trinajstić information content (AvgIpc) is 3.10. The Morgan fingerprint density at radius 1 is 1.03 bits per heavy atom. The summed E-state index contributed by atoms with van der Waals surface area (Å²) in [6, 6.07) is 4.84. The zero-order valence-corrected chi connectivity index (χ0v) is 18.5. The van der Waals surface area contributed by atoms with Crippen LogP contribution in [0.15, 0.2) is 18.2 Å². The van der Waals surface area contributed by atoms with Gasteiger partial charge in [0.1, 0.15) is 17.9 Å². The van der Waals surface area contributed by atoms with Crippen molar-refractivity contribution in [2.45, 2.75) is 82.0 Å². The van der Waals surface area contributed by atoms with E-state index in [1.807, 2.05) is 6.07 Å². The Bertz CT molecular complexity index is 959. The molecule has 33 heavy (non-hydrogen) atoms. The van der Waals surface area contributed by atoms with Crippen LogP contribution in [0.5, 0.6) is 5.75 Å². The van der Waals surface area contributed by atoms with Crippen LogP contribution in [0.3, 0.4) is 0 Å². The molecule has 3 heterocycles. The number of fused-ring (bicyclic) bond motifs is 1. The van der Waals surface area contributed by atoms with Crippen LogP contribution in [-0.4, -0.2) is 64.7 Å². The third-order valence-electron chi connectivity index (χ3n) is 7.45. The molecular weight excluding hydrogens is 432 g/mol. The summed E-state index contributed by atoms with van der Waals surface area (Å²) in [6.45, 7) is 1.07. The molecule has 3 amide bonds. The van der Waals surface area contributed by atoms with Crippen LogP contribution < -0.4 is 10.1 Å². The molecule has 0 bridgehead atoms. The standard InChI is InChI=1S/C24H29F2N3O4/c25-24(26)9-11-28(12-10-24)18-3-1-2-4-20(18)33-16-5-6-17-15(13-16)14-29(23(17)32)19-7-8-21(30)27-22(19)31/h5-6,13,18-20H,1-4,7-12,14H2,(H,27,30,31)/t18-,19+,20-/m1/s1. The van der Waals surface area contributed by atoms with E-state index in [1.165, 1.54) is 4.90 Å². The Morgan fingerprint density at radius 2 is 1.79 bits per heavy atom. The van der Waals surface area contributed by atoms with Crippen LogP contribution in [0, 0.1) is 0 Å². The van der Waals surface area contributed by atoms with E-state index in [1.54, 1.807) is 12.1 Å². The van der Waals surface area contributed by atoms with Crippen LogP contribution in [0.25, 0.3) is 0 Å². The molecule has 4 aliphatic rings. The van der Waals surface area contributed by atoms with E-state index in [4.69, 9.17) is 4.74 Å². The third kappa shape index (κ3) is 4.47. The maximum Gasteiger partial charge on any atom is 0.255 e. The highest BCUT2D eigenvalue weighted by molar-refractivity contribution is 6.05. The van der Waals surface area contributed by atoms with Gasteiger partial charge in [-0.15, -0.1) is 0 Å². The van der Waals surface area contributed by atoms with Crippen molar-refractivity contribution in [2.24, 2.45) is 0 Å². The SMILES string of the molecule is O=C1CC[C@H](N2Cc3cc(O[C@@H]4CCCC[C@H]4N4CCC(F)(F)CC4)ccc3C2=O)C(=O)N1. The third-order valence-corrected chi connectivity index (χ3v) is 7.45. The van der Waals surface area contributed by atoms with E-state index in [0.29, 0.717) is 37.4 Å². The molecule has 1 N–H and O–H groups in total. The average molecular weight is 462 g/mol. The van der Waals surface area contributed by atoms with E-state index < -0.39 is 17.9 Å². The zero-order valence-electron chi connectivity index (χ0n) is 18.5. The van der Waals surface area contributed by atoms with Gasteiger partial charge in [0.2, 0.25) is 11.8 Å². The number of nitrogens with one attached hydrogen (secondary N) is 1. The van der Waals surface area contributed by atoms with Crippen molar-refractivity contribution in [1.82, 2.24) is 15.1 Å². The minimum atomic E-state index is -2.57. The van der Waals surface area contributed by atoms with Gasteiger partial charge >= 0.3 is 0 Å². The summed E-state index contributed by atoms with van der Waals surface area (Å²) >= 11 is 0. The first-order valence-corrected chi connectivity index (χ1v) is 11.9. The number of nitrogens with zero attached hydrogens (tertiary/aromatic N) is 2. The van der Waals surface area contributed by atoms with Crippen molar-refractivity contribution in [3.63, 3.8) is 0 Å². The van der Waals surface area contributed by atoms with Gasteiger partial charge in [0.05, 0.1) is 0 Å². The number of alkyl halides is 2. The van der Waals surface area contributed by atoms with Gasteiger partial charge in [-0.1, -0.05) is 6.42 Å². The summed E-state index contributed by atoms with van der Waals surface area (Å²) in [4.78, 5) is 40.3. The lowest BCUT2D eigenvalue weighted by molar-refractivity contribution is -0.136. The van der Waals surface area contributed by atoms with Gasteiger partial charge in [-0.3, -0.25) is 24.6 Å². The van der Waals surface area contributed by atoms with E-state index in [0.717, 1.165) is 31.2 Å². The molecule has 0 spiro atoms. The first-order chi connectivity index (χ1) is 15.8. The maximum absolute atomic E-state index is 13.6. The molecule has 1 aromatic rings. The first kappa shape index (κ1) is 22.3. The van der Waals surface area contributed by atoms with Gasteiger partial charge in [0.25, 0.3) is 11.8 Å². The number of hydrogen-bond acceptors (Lipinski definition) is 5. The minimum Gasteiger partial charge on any atom is -0.489 e. The molecule has 3 atom stereocenters. The van der Waals surface area contributed by atoms with Gasteiger partial charge in [-0.05, 0) is 49.4 Å². The van der Waals surface area contributed by atoms with Crippen molar-refractivity contribution < 1.29 is 27.9 Å². The molecule has 0 radical (unpaired) electrons. The summed E-state index contributed by atoms with van der Waals surface area (Å²) < 4.78 is 33.6. The van der Waals surface area contributed by atoms with Crippen LogP contribution >= 0.6 is 0 Å². The fraction of sp³-hybridized carbons (Fsp3) is 0.625. The van der Waals surface area contributed by atoms with Crippen LogP contribution in [0.2, 0.25) is 0 Å². The van der Waals surface area contributed by atoms with Crippen molar-refractivity contribution in [1.29, 1.82) is 0 Å². The summed E-state index contributed by atoms with van der Waals surface area (Å²) in [5, 5.41) is 2.31. The van der Waals surface area contributed by atoms with Crippen LogP contribution in [-0.2, 0) is 16.1 Å². The minimum absolute atomic E-state index is 0.0770. The molecule has 0 unspecified atom stereocenters. The smallest absolute Gasteiger partial charge is 0.255 e. The van der Waals surface area contributed by atoms with E-state index in [9.17, 15) is 23.2 Å². The molecule has 0 aromatic heterocycles. The van der Waals surface area contributed by atoms with E-state index >= 15 is 0 Å². The predicted octanol–water partition coefficient (Wildman–Crippen LogP) is 2.87. The molecule has 1 aliphatic carbocycles. The summed E-state index contributed by atoms with van der Waals surface area (Å²) in [6.07, 6.45) is 4.17. The second-order valence-electron chi connectivity index (χ2n) is 9.62.